The van der Waals surface area contributed by atoms with E-state index in [0.717, 1.165) is 48.5 Å². The molecule has 0 saturated heterocycles. The minimum atomic E-state index is -4.57. The van der Waals surface area contributed by atoms with Gasteiger partial charge in [0, 0.05) is 41.5 Å². The number of rotatable bonds is 3. The highest BCUT2D eigenvalue weighted by atomic mass is 19.4. The van der Waals surface area contributed by atoms with Gasteiger partial charge >= 0.3 is 6.18 Å². The Morgan fingerprint density at radius 3 is 1.90 bits per heavy atom. The van der Waals surface area contributed by atoms with E-state index in [1.54, 1.807) is 18.2 Å². The lowest BCUT2D eigenvalue weighted by atomic mass is 9.97. The summed E-state index contributed by atoms with van der Waals surface area (Å²) >= 11 is 0. The number of alkyl halides is 3. The Bertz CT molecular complexity index is 2160. The van der Waals surface area contributed by atoms with Crippen molar-refractivity contribution >= 4 is 21.9 Å². The van der Waals surface area contributed by atoms with E-state index in [2.05, 4.69) is 0 Å². The fraction of sp³-hybridized carbons (Fsp3) is 0.0323. The van der Waals surface area contributed by atoms with Crippen LogP contribution in [0.3, 0.4) is 0 Å². The summed E-state index contributed by atoms with van der Waals surface area (Å²) in [5.74, 6) is -1.89. The molecule has 0 atom stereocenters. The van der Waals surface area contributed by atoms with Crippen LogP contribution in [0.5, 0.6) is 23.0 Å². The normalized spacial score (nSPS) is 11.8. The van der Waals surface area contributed by atoms with Gasteiger partial charge in [0.2, 0.25) is 0 Å². The highest BCUT2D eigenvalue weighted by Crippen LogP contribution is 2.42. The Labute approximate surface area is 232 Å². The van der Waals surface area contributed by atoms with Crippen LogP contribution in [0.1, 0.15) is 5.56 Å². The highest BCUT2D eigenvalue weighted by Gasteiger charge is 2.30. The zero-order chi connectivity index (χ0) is 29.9. The SMILES string of the molecule is O=c1cc(-c2cccc(-c3c(O)cc(O)c4c(=O)cc(-c5ccc(C(F)(F)F)cc5)oc34)c2)oc2cc(O)cc(O)c12. The van der Waals surface area contributed by atoms with Crippen molar-refractivity contribution in [2.45, 2.75) is 6.18 Å². The number of benzene rings is 4. The first-order chi connectivity index (χ1) is 19.9. The van der Waals surface area contributed by atoms with Crippen molar-refractivity contribution in [1.29, 1.82) is 0 Å². The van der Waals surface area contributed by atoms with E-state index in [0.29, 0.717) is 5.56 Å². The van der Waals surface area contributed by atoms with E-state index in [4.69, 9.17) is 8.83 Å². The lowest BCUT2D eigenvalue weighted by Gasteiger charge is -2.13. The lowest BCUT2D eigenvalue weighted by molar-refractivity contribution is -0.137. The van der Waals surface area contributed by atoms with Gasteiger partial charge < -0.3 is 29.3 Å². The molecule has 0 aliphatic carbocycles. The highest BCUT2D eigenvalue weighted by molar-refractivity contribution is 6.00. The molecule has 0 unspecified atom stereocenters. The number of phenols is 4. The number of aromatic hydroxyl groups is 4. The first kappa shape index (κ1) is 26.5. The molecular formula is C31H17F3O8. The molecule has 2 heterocycles. The Balaban J connectivity index is 1.54. The standard InChI is InChI=1S/C31H17F3O8/c32-31(33,34)17-6-4-14(5-7-17)24-13-23(40)29-21(38)11-20(37)27(30(29)42-24)16-3-1-2-15(8-16)25-12-22(39)28-19(36)9-18(35)10-26(28)41-25/h1-13,35-38H. The molecule has 0 aliphatic rings. The summed E-state index contributed by atoms with van der Waals surface area (Å²) < 4.78 is 50.8. The molecule has 11 heteroatoms. The van der Waals surface area contributed by atoms with Gasteiger partial charge in [0.25, 0.3) is 0 Å². The van der Waals surface area contributed by atoms with Gasteiger partial charge in [-0.25, -0.2) is 0 Å². The second kappa shape index (κ2) is 9.44. The average Bonchev–Trinajstić information content (AvgIpc) is 2.91. The smallest absolute Gasteiger partial charge is 0.416 e. The maximum Gasteiger partial charge on any atom is 0.416 e. The number of halogens is 3. The summed E-state index contributed by atoms with van der Waals surface area (Å²) in [5.41, 5.74) is -1.77. The zero-order valence-electron chi connectivity index (χ0n) is 21.1. The Morgan fingerprint density at radius 1 is 0.595 bits per heavy atom. The molecule has 0 spiro atoms. The molecule has 0 amide bonds. The molecular weight excluding hydrogens is 557 g/mol. The number of hydrogen-bond acceptors (Lipinski definition) is 8. The van der Waals surface area contributed by atoms with Crippen molar-refractivity contribution in [2.24, 2.45) is 0 Å². The summed E-state index contributed by atoms with van der Waals surface area (Å²) in [6.45, 7) is 0. The van der Waals surface area contributed by atoms with Gasteiger partial charge in [0.15, 0.2) is 16.4 Å². The second-order valence-corrected chi connectivity index (χ2v) is 9.44. The largest absolute Gasteiger partial charge is 0.508 e. The van der Waals surface area contributed by atoms with Crippen LogP contribution in [0, 0.1) is 0 Å². The van der Waals surface area contributed by atoms with Crippen molar-refractivity contribution < 1.29 is 42.4 Å². The van der Waals surface area contributed by atoms with Crippen molar-refractivity contribution in [3.05, 3.63) is 105 Å². The molecule has 42 heavy (non-hydrogen) atoms. The molecule has 0 bridgehead atoms. The minimum Gasteiger partial charge on any atom is -0.508 e. The summed E-state index contributed by atoms with van der Waals surface area (Å²) in [7, 11) is 0. The molecule has 4 N–H and O–H groups in total. The third-order valence-corrected chi connectivity index (χ3v) is 6.69. The van der Waals surface area contributed by atoms with Gasteiger partial charge in [0.1, 0.15) is 50.9 Å². The quantitative estimate of drug-likeness (QED) is 0.182. The van der Waals surface area contributed by atoms with Crippen LogP contribution in [0.15, 0.2) is 97.3 Å². The monoisotopic (exact) mass is 574 g/mol. The molecule has 0 aliphatic heterocycles. The van der Waals surface area contributed by atoms with Crippen LogP contribution >= 0.6 is 0 Å². The lowest BCUT2D eigenvalue weighted by Crippen LogP contribution is -2.05. The molecule has 0 radical (unpaired) electrons. The molecule has 4 aromatic carbocycles. The summed E-state index contributed by atoms with van der Waals surface area (Å²) in [6.07, 6.45) is -4.57. The Kier molecular flexibility index (Phi) is 5.96. The van der Waals surface area contributed by atoms with E-state index in [1.165, 1.54) is 12.1 Å². The second-order valence-electron chi connectivity index (χ2n) is 9.44. The maximum atomic E-state index is 13.0. The van der Waals surface area contributed by atoms with Gasteiger partial charge in [0.05, 0.1) is 11.1 Å². The van der Waals surface area contributed by atoms with E-state index >= 15 is 0 Å². The van der Waals surface area contributed by atoms with Crippen LogP contribution in [0.2, 0.25) is 0 Å². The van der Waals surface area contributed by atoms with E-state index in [1.807, 2.05) is 0 Å². The predicted octanol–water partition coefficient (Wildman–Crippen LogP) is 6.74. The van der Waals surface area contributed by atoms with Gasteiger partial charge in [-0.1, -0.05) is 30.3 Å². The fourth-order valence-electron chi connectivity index (χ4n) is 4.77. The maximum absolute atomic E-state index is 13.0. The van der Waals surface area contributed by atoms with Crippen molar-refractivity contribution in [1.82, 2.24) is 0 Å². The van der Waals surface area contributed by atoms with E-state index in [9.17, 15) is 43.2 Å². The molecule has 0 fully saturated rings. The van der Waals surface area contributed by atoms with Gasteiger partial charge in [-0.3, -0.25) is 9.59 Å². The Morgan fingerprint density at radius 2 is 1.21 bits per heavy atom. The van der Waals surface area contributed by atoms with Gasteiger partial charge in [-0.05, 0) is 23.8 Å². The third-order valence-electron chi connectivity index (χ3n) is 6.69. The molecule has 6 rings (SSSR count). The minimum absolute atomic E-state index is 0.0195. The third kappa shape index (κ3) is 4.46. The van der Waals surface area contributed by atoms with E-state index < -0.39 is 39.8 Å². The topological polar surface area (TPSA) is 141 Å². The summed E-state index contributed by atoms with van der Waals surface area (Å²) in [5, 5.41) is 40.8. The molecule has 8 nitrogen and oxygen atoms in total. The Hall–Kier alpha value is -5.71. The van der Waals surface area contributed by atoms with Crippen LogP contribution < -0.4 is 10.9 Å². The first-order valence-corrected chi connectivity index (χ1v) is 12.2. The van der Waals surface area contributed by atoms with Crippen LogP contribution in [0.25, 0.3) is 55.7 Å². The summed E-state index contributed by atoms with van der Waals surface area (Å²) in [4.78, 5) is 25.8. The molecule has 6 aromatic rings. The summed E-state index contributed by atoms with van der Waals surface area (Å²) in [6, 6.07) is 15.4. The predicted molar refractivity (Wildman–Crippen MR) is 146 cm³/mol. The number of hydrogen-bond donors (Lipinski definition) is 4. The fourth-order valence-corrected chi connectivity index (χ4v) is 4.77. The van der Waals surface area contributed by atoms with Crippen LogP contribution in [-0.2, 0) is 6.18 Å². The average molecular weight is 574 g/mol. The van der Waals surface area contributed by atoms with Crippen molar-refractivity contribution in [3.8, 4) is 56.8 Å². The van der Waals surface area contributed by atoms with Gasteiger partial charge in [-0.2, -0.15) is 13.2 Å². The van der Waals surface area contributed by atoms with Crippen LogP contribution in [0.4, 0.5) is 13.2 Å². The van der Waals surface area contributed by atoms with Crippen molar-refractivity contribution in [3.63, 3.8) is 0 Å². The number of fused-ring (bicyclic) bond motifs is 2. The first-order valence-electron chi connectivity index (χ1n) is 12.2. The molecule has 210 valence electrons. The van der Waals surface area contributed by atoms with Crippen molar-refractivity contribution in [2.75, 3.05) is 0 Å². The van der Waals surface area contributed by atoms with Crippen LogP contribution in [-0.4, -0.2) is 20.4 Å². The molecule has 0 saturated carbocycles. The molecule has 2 aromatic heterocycles. The van der Waals surface area contributed by atoms with Gasteiger partial charge in [-0.15, -0.1) is 0 Å². The number of phenolic OH excluding ortho intramolecular Hbond substituents is 4. The zero-order valence-corrected chi connectivity index (χ0v) is 21.1. The van der Waals surface area contributed by atoms with E-state index in [-0.39, 0.29) is 55.9 Å².